The minimum Gasteiger partial charge on any atom is -0.340 e. The molecule has 0 spiro atoms. The van der Waals surface area contributed by atoms with E-state index in [2.05, 4.69) is 15.7 Å². The van der Waals surface area contributed by atoms with Gasteiger partial charge in [0, 0.05) is 5.69 Å². The second-order valence-corrected chi connectivity index (χ2v) is 3.49. The van der Waals surface area contributed by atoms with E-state index < -0.39 is 4.92 Å². The van der Waals surface area contributed by atoms with Crippen molar-refractivity contribution in [3.05, 3.63) is 52.6 Å². The normalized spacial score (nSPS) is 9.83. The molecule has 0 amide bonds. The molecule has 1 aromatic carbocycles. The molecule has 0 bridgehead atoms. The topological polar surface area (TPSA) is 106 Å². The van der Waals surface area contributed by atoms with E-state index in [1.54, 1.807) is 0 Å². The van der Waals surface area contributed by atoms with Crippen LogP contribution in [0.5, 0.6) is 0 Å². The predicted molar refractivity (Wildman–Crippen MR) is 68.4 cm³/mol. The molecule has 0 aliphatic carbocycles. The molecule has 0 fully saturated rings. The van der Waals surface area contributed by atoms with Crippen molar-refractivity contribution < 1.29 is 4.92 Å². The summed E-state index contributed by atoms with van der Waals surface area (Å²) < 4.78 is 0. The van der Waals surface area contributed by atoms with E-state index in [-0.39, 0.29) is 11.5 Å². The second-order valence-electron chi connectivity index (χ2n) is 3.49. The third-order valence-corrected chi connectivity index (χ3v) is 2.22. The van der Waals surface area contributed by atoms with Gasteiger partial charge in [0.1, 0.15) is 11.6 Å². The van der Waals surface area contributed by atoms with Crippen molar-refractivity contribution in [2.24, 2.45) is 5.84 Å². The van der Waals surface area contributed by atoms with Crippen LogP contribution in [0.2, 0.25) is 0 Å². The van der Waals surface area contributed by atoms with Crippen LogP contribution in [0.4, 0.5) is 23.0 Å². The van der Waals surface area contributed by atoms with Crippen LogP contribution >= 0.6 is 0 Å². The lowest BCUT2D eigenvalue weighted by atomic mass is 10.3. The monoisotopic (exact) mass is 245 g/mol. The summed E-state index contributed by atoms with van der Waals surface area (Å²) in [6.07, 6.45) is 0. The molecule has 4 N–H and O–H groups in total. The smallest absolute Gasteiger partial charge is 0.276 e. The van der Waals surface area contributed by atoms with Crippen LogP contribution in [0.25, 0.3) is 0 Å². The molecule has 7 heteroatoms. The Hall–Kier alpha value is -2.67. The lowest BCUT2D eigenvalue weighted by Crippen LogP contribution is -2.09. The van der Waals surface area contributed by atoms with Crippen LogP contribution < -0.4 is 16.6 Å². The quantitative estimate of drug-likeness (QED) is 0.432. The summed E-state index contributed by atoms with van der Waals surface area (Å²) in [5, 5.41) is 13.7. The van der Waals surface area contributed by atoms with Crippen molar-refractivity contribution in [1.29, 1.82) is 0 Å². The molecule has 0 aliphatic rings. The Bertz CT molecular complexity index is 559. The number of nitro groups is 1. The number of nitrogens with two attached hydrogens (primary N) is 1. The highest BCUT2D eigenvalue weighted by molar-refractivity contribution is 5.61. The number of rotatable bonds is 4. The molecule has 1 heterocycles. The number of pyridine rings is 1. The number of para-hydroxylation sites is 1. The van der Waals surface area contributed by atoms with E-state index in [9.17, 15) is 10.1 Å². The zero-order chi connectivity index (χ0) is 13.0. The highest BCUT2D eigenvalue weighted by Gasteiger charge is 2.10. The fourth-order valence-corrected chi connectivity index (χ4v) is 1.43. The van der Waals surface area contributed by atoms with Gasteiger partial charge in [0.15, 0.2) is 0 Å². The SMILES string of the molecule is NNc1cc([N+](=O)[O-])cc(Nc2ccccc2)n1. The predicted octanol–water partition coefficient (Wildman–Crippen LogP) is 2.02. The van der Waals surface area contributed by atoms with Gasteiger partial charge in [-0.2, -0.15) is 0 Å². The largest absolute Gasteiger partial charge is 0.340 e. The maximum Gasteiger partial charge on any atom is 0.276 e. The van der Waals surface area contributed by atoms with Crippen LogP contribution in [0, 0.1) is 10.1 Å². The van der Waals surface area contributed by atoms with Gasteiger partial charge in [-0.1, -0.05) is 18.2 Å². The molecule has 0 radical (unpaired) electrons. The molecule has 7 nitrogen and oxygen atoms in total. The lowest BCUT2D eigenvalue weighted by Gasteiger charge is -2.07. The Kier molecular flexibility index (Phi) is 3.35. The number of aromatic nitrogens is 1. The molecular formula is C11H11N5O2. The van der Waals surface area contributed by atoms with Crippen molar-refractivity contribution in [1.82, 2.24) is 4.98 Å². The number of nitrogens with zero attached hydrogens (tertiary/aromatic N) is 2. The maximum atomic E-state index is 10.8. The number of hydrogen-bond donors (Lipinski definition) is 3. The van der Waals surface area contributed by atoms with Gasteiger partial charge < -0.3 is 10.7 Å². The van der Waals surface area contributed by atoms with Gasteiger partial charge in [0.25, 0.3) is 5.69 Å². The van der Waals surface area contributed by atoms with Crippen LogP contribution in [-0.4, -0.2) is 9.91 Å². The first kappa shape index (κ1) is 11.8. The zero-order valence-corrected chi connectivity index (χ0v) is 9.33. The average molecular weight is 245 g/mol. The molecule has 18 heavy (non-hydrogen) atoms. The minimum atomic E-state index is -0.501. The first-order valence-electron chi connectivity index (χ1n) is 5.14. The Morgan fingerprint density at radius 2 is 1.83 bits per heavy atom. The van der Waals surface area contributed by atoms with E-state index in [0.29, 0.717) is 5.82 Å². The Morgan fingerprint density at radius 1 is 1.17 bits per heavy atom. The molecule has 2 rings (SSSR count). The van der Waals surface area contributed by atoms with Crippen molar-refractivity contribution in [3.63, 3.8) is 0 Å². The van der Waals surface area contributed by atoms with Gasteiger partial charge in [-0.15, -0.1) is 0 Å². The summed E-state index contributed by atoms with van der Waals surface area (Å²) in [6.45, 7) is 0. The third kappa shape index (κ3) is 2.71. The fraction of sp³-hybridized carbons (Fsp3) is 0. The second kappa shape index (κ2) is 5.11. The van der Waals surface area contributed by atoms with E-state index >= 15 is 0 Å². The summed E-state index contributed by atoms with van der Waals surface area (Å²) in [6, 6.07) is 11.8. The van der Waals surface area contributed by atoms with Crippen molar-refractivity contribution in [3.8, 4) is 0 Å². The Balaban J connectivity index is 2.32. The summed E-state index contributed by atoms with van der Waals surface area (Å²) >= 11 is 0. The third-order valence-electron chi connectivity index (χ3n) is 2.22. The van der Waals surface area contributed by atoms with E-state index in [1.165, 1.54) is 12.1 Å². The first-order chi connectivity index (χ1) is 8.69. The maximum absolute atomic E-state index is 10.8. The average Bonchev–Trinajstić information content (AvgIpc) is 2.39. The van der Waals surface area contributed by atoms with Crippen molar-refractivity contribution in [2.75, 3.05) is 10.7 Å². The molecule has 2 aromatic rings. The highest BCUT2D eigenvalue weighted by Crippen LogP contribution is 2.22. The van der Waals surface area contributed by atoms with Gasteiger partial charge in [-0.3, -0.25) is 10.1 Å². The molecule has 0 unspecified atom stereocenters. The number of nitrogens with one attached hydrogen (secondary N) is 2. The van der Waals surface area contributed by atoms with E-state index in [0.717, 1.165) is 5.69 Å². The van der Waals surface area contributed by atoms with Gasteiger partial charge in [-0.05, 0) is 12.1 Å². The summed E-state index contributed by atoms with van der Waals surface area (Å²) in [7, 11) is 0. The first-order valence-corrected chi connectivity index (χ1v) is 5.14. The van der Waals surface area contributed by atoms with Crippen LogP contribution in [0.15, 0.2) is 42.5 Å². The fourth-order valence-electron chi connectivity index (χ4n) is 1.43. The standard InChI is InChI=1S/C11H11N5O2/c12-15-11-7-9(16(17)18)6-10(14-11)13-8-4-2-1-3-5-8/h1-7H,12H2,(H2,13,14,15). The molecule has 1 aromatic heterocycles. The van der Waals surface area contributed by atoms with E-state index in [1.807, 2.05) is 30.3 Å². The number of nitrogen functional groups attached to an aromatic ring is 1. The Labute approximate surface area is 103 Å². The lowest BCUT2D eigenvalue weighted by molar-refractivity contribution is -0.384. The van der Waals surface area contributed by atoms with E-state index in [4.69, 9.17) is 5.84 Å². The summed E-state index contributed by atoms with van der Waals surface area (Å²) in [5.74, 6) is 5.79. The van der Waals surface area contributed by atoms with Gasteiger partial charge >= 0.3 is 0 Å². The highest BCUT2D eigenvalue weighted by atomic mass is 16.6. The Morgan fingerprint density at radius 3 is 2.44 bits per heavy atom. The molecule has 0 saturated heterocycles. The molecule has 92 valence electrons. The number of anilines is 3. The number of hydrazine groups is 1. The van der Waals surface area contributed by atoms with Crippen LogP contribution in [0.1, 0.15) is 0 Å². The summed E-state index contributed by atoms with van der Waals surface area (Å²) in [5.41, 5.74) is 2.99. The van der Waals surface area contributed by atoms with Gasteiger partial charge in [0.05, 0.1) is 17.1 Å². The summed E-state index contributed by atoms with van der Waals surface area (Å²) in [4.78, 5) is 14.3. The van der Waals surface area contributed by atoms with Gasteiger partial charge in [-0.25, -0.2) is 10.8 Å². The molecule has 0 aliphatic heterocycles. The molecular weight excluding hydrogens is 234 g/mol. The van der Waals surface area contributed by atoms with Crippen molar-refractivity contribution >= 4 is 23.0 Å². The number of hydrogen-bond acceptors (Lipinski definition) is 6. The zero-order valence-electron chi connectivity index (χ0n) is 9.33. The minimum absolute atomic E-state index is 0.0867. The van der Waals surface area contributed by atoms with Crippen LogP contribution in [-0.2, 0) is 0 Å². The molecule has 0 saturated carbocycles. The van der Waals surface area contributed by atoms with Crippen molar-refractivity contribution in [2.45, 2.75) is 0 Å². The van der Waals surface area contributed by atoms with Gasteiger partial charge in [0.2, 0.25) is 0 Å². The number of benzene rings is 1. The molecule has 0 atom stereocenters. The van der Waals surface area contributed by atoms with Crippen LogP contribution in [0.3, 0.4) is 0 Å².